The van der Waals surface area contributed by atoms with E-state index < -0.39 is 0 Å². The first-order valence-electron chi connectivity index (χ1n) is 9.25. The van der Waals surface area contributed by atoms with Crippen LogP contribution in [-0.2, 0) is 16.1 Å². The Labute approximate surface area is 182 Å². The number of ether oxygens (including phenoxy) is 1. The Balaban J connectivity index is 0.00000140. The van der Waals surface area contributed by atoms with Crippen LogP contribution in [0.4, 0.5) is 0 Å². The second-order valence-electron chi connectivity index (χ2n) is 7.47. The lowest BCUT2D eigenvalue weighted by atomic mass is 9.76. The van der Waals surface area contributed by atoms with Gasteiger partial charge in [-0.15, -0.1) is 36.2 Å². The van der Waals surface area contributed by atoms with Crippen molar-refractivity contribution in [1.29, 1.82) is 0 Å². The fourth-order valence-electron chi connectivity index (χ4n) is 4.03. The molecule has 0 bridgehead atoms. The number of cyclic esters (lactones) is 1. The Morgan fingerprint density at radius 2 is 1.96 bits per heavy atom. The molecule has 1 atom stereocenters. The minimum atomic E-state index is -0.238. The number of likely N-dealkylation sites (N-methyl/N-ethyl adjacent to an activating group) is 1. The van der Waals surface area contributed by atoms with Crippen molar-refractivity contribution in [2.75, 3.05) is 26.7 Å². The van der Waals surface area contributed by atoms with Crippen LogP contribution in [0.3, 0.4) is 0 Å². The molecule has 3 heterocycles. The van der Waals surface area contributed by atoms with E-state index in [0.29, 0.717) is 0 Å². The molecule has 4 rings (SSSR count). The number of carbonyl (C=O) groups excluding carboxylic acids is 1. The van der Waals surface area contributed by atoms with E-state index in [1.807, 2.05) is 18.2 Å². The van der Waals surface area contributed by atoms with Crippen LogP contribution < -0.4 is 5.32 Å². The number of hydrogen-bond donors (Lipinski definition) is 1. The molecule has 1 N–H and O–H groups in total. The summed E-state index contributed by atoms with van der Waals surface area (Å²) in [5, 5.41) is 6.50. The molecule has 5 nitrogen and oxygen atoms in total. The number of nitrogens with zero attached hydrogens (tertiary/aromatic N) is 2. The Morgan fingerprint density at radius 3 is 2.68 bits per heavy atom. The molecular formula is C20H27Cl2N3O2S. The molecule has 0 aliphatic carbocycles. The van der Waals surface area contributed by atoms with Crippen molar-refractivity contribution in [2.45, 2.75) is 31.9 Å². The highest BCUT2D eigenvalue weighted by molar-refractivity contribution is 7.13. The summed E-state index contributed by atoms with van der Waals surface area (Å²) in [6.07, 6.45) is 2.65. The molecule has 2 aliphatic heterocycles. The molecule has 2 fully saturated rings. The lowest BCUT2D eigenvalue weighted by Crippen LogP contribution is -2.39. The second-order valence-corrected chi connectivity index (χ2v) is 8.33. The summed E-state index contributed by atoms with van der Waals surface area (Å²) in [5.41, 5.74) is 1.99. The highest BCUT2D eigenvalue weighted by Gasteiger charge is 2.49. The predicted octanol–water partition coefficient (Wildman–Crippen LogP) is 3.77. The molecule has 0 amide bonds. The van der Waals surface area contributed by atoms with Crippen LogP contribution in [0, 0.1) is 5.41 Å². The van der Waals surface area contributed by atoms with Gasteiger partial charge >= 0.3 is 5.97 Å². The molecule has 2 aliphatic rings. The van der Waals surface area contributed by atoms with Crippen molar-refractivity contribution in [3.63, 3.8) is 0 Å². The monoisotopic (exact) mass is 443 g/mol. The quantitative estimate of drug-likeness (QED) is 0.712. The second kappa shape index (κ2) is 10.0. The van der Waals surface area contributed by atoms with E-state index in [2.05, 4.69) is 34.8 Å². The van der Waals surface area contributed by atoms with E-state index in [1.165, 1.54) is 0 Å². The minimum Gasteiger partial charge on any atom is -0.461 e. The molecule has 28 heavy (non-hydrogen) atoms. The van der Waals surface area contributed by atoms with Gasteiger partial charge in [-0.1, -0.05) is 30.3 Å². The van der Waals surface area contributed by atoms with Gasteiger partial charge in [-0.05, 0) is 33.0 Å². The third kappa shape index (κ3) is 5.05. The van der Waals surface area contributed by atoms with Crippen LogP contribution in [0.15, 0.2) is 35.7 Å². The summed E-state index contributed by atoms with van der Waals surface area (Å²) in [6, 6.07) is 10.3. The van der Waals surface area contributed by atoms with Gasteiger partial charge in [0.15, 0.2) is 0 Å². The first-order chi connectivity index (χ1) is 12.6. The number of hydrogen-bond acceptors (Lipinski definition) is 6. The van der Waals surface area contributed by atoms with Crippen molar-refractivity contribution >= 4 is 42.1 Å². The number of thiazole rings is 1. The van der Waals surface area contributed by atoms with Crippen molar-refractivity contribution < 1.29 is 9.53 Å². The summed E-state index contributed by atoms with van der Waals surface area (Å²) in [7, 11) is 2.07. The largest absolute Gasteiger partial charge is 0.461 e. The van der Waals surface area contributed by atoms with Crippen molar-refractivity contribution in [2.24, 2.45) is 5.41 Å². The zero-order valence-corrected chi connectivity index (χ0v) is 18.4. The van der Waals surface area contributed by atoms with Crippen molar-refractivity contribution in [3.05, 3.63) is 41.4 Å². The number of nitrogens with one attached hydrogen (secondary N) is 1. The Kier molecular flexibility index (Phi) is 8.28. The highest BCUT2D eigenvalue weighted by atomic mass is 35.5. The van der Waals surface area contributed by atoms with Crippen LogP contribution in [0.25, 0.3) is 10.6 Å². The average molecular weight is 444 g/mol. The highest BCUT2D eigenvalue weighted by Crippen LogP contribution is 2.41. The van der Waals surface area contributed by atoms with E-state index in [0.717, 1.165) is 61.7 Å². The van der Waals surface area contributed by atoms with Gasteiger partial charge in [0, 0.05) is 30.5 Å². The number of aromatic nitrogens is 1. The van der Waals surface area contributed by atoms with Gasteiger partial charge in [0.2, 0.25) is 0 Å². The predicted molar refractivity (Wildman–Crippen MR) is 117 cm³/mol. The first kappa shape index (κ1) is 23.1. The molecular weight excluding hydrogens is 417 g/mol. The molecule has 0 radical (unpaired) electrons. The van der Waals surface area contributed by atoms with E-state index in [-0.39, 0.29) is 42.3 Å². The van der Waals surface area contributed by atoms with Crippen molar-refractivity contribution in [3.8, 4) is 10.6 Å². The van der Waals surface area contributed by atoms with Gasteiger partial charge in [0.25, 0.3) is 0 Å². The third-order valence-electron chi connectivity index (χ3n) is 5.41. The molecule has 1 unspecified atom stereocenters. The van der Waals surface area contributed by atoms with Crippen LogP contribution in [0.2, 0.25) is 0 Å². The van der Waals surface area contributed by atoms with E-state index in [1.54, 1.807) is 11.3 Å². The summed E-state index contributed by atoms with van der Waals surface area (Å²) in [6.45, 7) is 3.36. The summed E-state index contributed by atoms with van der Waals surface area (Å²) in [4.78, 5) is 19.3. The van der Waals surface area contributed by atoms with Crippen molar-refractivity contribution in [1.82, 2.24) is 15.2 Å². The maximum absolute atomic E-state index is 12.4. The summed E-state index contributed by atoms with van der Waals surface area (Å²) >= 11 is 1.68. The van der Waals surface area contributed by atoms with Crippen LogP contribution in [-0.4, -0.2) is 48.6 Å². The number of halogens is 2. The summed E-state index contributed by atoms with van der Waals surface area (Å²) in [5.74, 6) is 0.0115. The molecule has 1 aromatic heterocycles. The van der Waals surface area contributed by atoms with Crippen LogP contribution in [0.5, 0.6) is 0 Å². The Bertz CT molecular complexity index is 766. The fourth-order valence-corrected chi connectivity index (χ4v) is 4.85. The zero-order chi connectivity index (χ0) is 18.0. The first-order valence-corrected chi connectivity index (χ1v) is 10.1. The van der Waals surface area contributed by atoms with E-state index >= 15 is 0 Å². The molecule has 8 heteroatoms. The van der Waals surface area contributed by atoms with Crippen LogP contribution in [0.1, 0.15) is 25.0 Å². The third-order valence-corrected chi connectivity index (χ3v) is 6.35. The molecule has 2 aromatic rings. The molecule has 154 valence electrons. The van der Waals surface area contributed by atoms with Crippen LogP contribution >= 0.6 is 36.2 Å². The smallest absolute Gasteiger partial charge is 0.312 e. The van der Waals surface area contributed by atoms with Gasteiger partial charge in [-0.3, -0.25) is 9.69 Å². The van der Waals surface area contributed by atoms with Gasteiger partial charge in [-0.25, -0.2) is 4.98 Å². The van der Waals surface area contributed by atoms with Gasteiger partial charge in [-0.2, -0.15) is 0 Å². The molecule has 1 aromatic carbocycles. The molecule has 0 saturated carbocycles. The summed E-state index contributed by atoms with van der Waals surface area (Å²) < 4.78 is 5.71. The van der Waals surface area contributed by atoms with Gasteiger partial charge in [0.1, 0.15) is 11.1 Å². The number of carbonyl (C=O) groups is 1. The standard InChI is InChI=1S/C20H25N3O2S.2ClH/c1-23(12-16-14-26-18(22-16)15-5-3-2-4-6-15)13-17-11-20(19(24)25-17)7-9-21-10-8-20;;/h2-6,14,17,21H,7-13H2,1H3;2*1H. The number of piperidine rings is 1. The maximum Gasteiger partial charge on any atom is 0.312 e. The maximum atomic E-state index is 12.4. The SMILES string of the molecule is CN(Cc1csc(-c2ccccc2)n1)CC1CC2(CCNCC2)C(=O)O1.Cl.Cl. The van der Waals surface area contributed by atoms with Gasteiger partial charge < -0.3 is 10.1 Å². The average Bonchev–Trinajstić information content (AvgIpc) is 3.22. The Morgan fingerprint density at radius 1 is 1.25 bits per heavy atom. The molecule has 2 saturated heterocycles. The minimum absolute atomic E-state index is 0. The number of rotatable bonds is 5. The lowest BCUT2D eigenvalue weighted by Gasteiger charge is -2.29. The topological polar surface area (TPSA) is 54.5 Å². The number of benzene rings is 1. The molecule has 1 spiro atoms. The number of esters is 1. The fraction of sp³-hybridized carbons (Fsp3) is 0.500. The zero-order valence-electron chi connectivity index (χ0n) is 15.9. The van der Waals surface area contributed by atoms with E-state index in [9.17, 15) is 4.79 Å². The van der Waals surface area contributed by atoms with E-state index in [4.69, 9.17) is 9.72 Å². The normalized spacial score (nSPS) is 20.5. The Hall–Kier alpha value is -1.18. The lowest BCUT2D eigenvalue weighted by molar-refractivity contribution is -0.150. The van der Waals surface area contributed by atoms with Gasteiger partial charge in [0.05, 0.1) is 11.1 Å².